The number of rotatable bonds is 6. The molecule has 1 saturated heterocycles. The second-order valence-corrected chi connectivity index (χ2v) is 12.6. The number of amides is 1. The maximum absolute atomic E-state index is 13.3. The van der Waals surface area contributed by atoms with Crippen LogP contribution < -0.4 is 10.9 Å². The Kier molecular flexibility index (Phi) is 6.30. The molecule has 4 heterocycles. The lowest BCUT2D eigenvalue weighted by Gasteiger charge is -2.38. The second kappa shape index (κ2) is 9.56. The maximum atomic E-state index is 13.3. The summed E-state index contributed by atoms with van der Waals surface area (Å²) in [5, 5.41) is 22.2. The molecule has 2 aliphatic rings. The van der Waals surface area contributed by atoms with E-state index >= 15 is 0 Å². The van der Waals surface area contributed by atoms with Gasteiger partial charge < -0.3 is 15.3 Å². The average molecular weight is 548 g/mol. The van der Waals surface area contributed by atoms with E-state index in [1.165, 1.54) is 17.1 Å². The summed E-state index contributed by atoms with van der Waals surface area (Å²) in [6.07, 6.45) is 5.83. The highest BCUT2D eigenvalue weighted by Gasteiger charge is 2.39. The number of nitrogens with zero attached hydrogens (tertiary/aromatic N) is 6. The number of carbonyl (C=O) groups is 1. The first-order chi connectivity index (χ1) is 18.6. The Labute approximate surface area is 230 Å². The molecule has 1 amide bonds. The van der Waals surface area contributed by atoms with E-state index in [-0.39, 0.29) is 29.3 Å². The minimum Gasteiger partial charge on any atom is -0.388 e. The van der Waals surface area contributed by atoms with Crippen molar-refractivity contribution in [3.05, 3.63) is 58.2 Å². The van der Waals surface area contributed by atoms with Crippen LogP contribution in [0.15, 0.2) is 47.0 Å². The van der Waals surface area contributed by atoms with Crippen molar-refractivity contribution in [2.45, 2.75) is 64.0 Å². The van der Waals surface area contributed by atoms with Crippen LogP contribution in [0.5, 0.6) is 0 Å². The molecule has 0 unspecified atom stereocenters. The molecule has 4 aromatic rings. The first-order valence-electron chi connectivity index (χ1n) is 13.4. The van der Waals surface area contributed by atoms with Gasteiger partial charge in [-0.2, -0.15) is 5.10 Å². The molecule has 0 atom stereocenters. The number of fused-ring (bicyclic) bond motifs is 1. The van der Waals surface area contributed by atoms with E-state index in [0.717, 1.165) is 35.0 Å². The molecule has 2 N–H and O–H groups in total. The number of aliphatic hydroxyl groups is 1. The van der Waals surface area contributed by atoms with Crippen LogP contribution in [0.25, 0.3) is 16.7 Å². The van der Waals surface area contributed by atoms with Gasteiger partial charge in [-0.15, -0.1) is 11.3 Å². The zero-order chi connectivity index (χ0) is 27.4. The quantitative estimate of drug-likeness (QED) is 0.377. The van der Waals surface area contributed by atoms with Crippen molar-refractivity contribution in [1.29, 1.82) is 0 Å². The first kappa shape index (κ1) is 25.7. The summed E-state index contributed by atoms with van der Waals surface area (Å²) in [6.45, 7) is 7.59. The molecule has 2 fully saturated rings. The molecule has 6 rings (SSSR count). The molecule has 0 bridgehead atoms. The van der Waals surface area contributed by atoms with Gasteiger partial charge in [-0.25, -0.2) is 14.6 Å². The van der Waals surface area contributed by atoms with Crippen molar-refractivity contribution >= 4 is 39.1 Å². The van der Waals surface area contributed by atoms with E-state index in [1.807, 2.05) is 29.2 Å². The summed E-state index contributed by atoms with van der Waals surface area (Å²) >= 11 is 1.57. The lowest BCUT2D eigenvalue weighted by atomic mass is 9.91. The minimum absolute atomic E-state index is 0.00164. The van der Waals surface area contributed by atoms with Crippen LogP contribution in [0.1, 0.15) is 52.1 Å². The van der Waals surface area contributed by atoms with Gasteiger partial charge in [-0.3, -0.25) is 14.2 Å². The molecule has 11 heteroatoms. The SMILES string of the molecule is CC(C)(C)c1csc(Nc2ccc(-n3ncc4c(=O)n(CC5(O)CCN(C(=O)C6CC6)CC5)cnc43)cc2)n1. The van der Waals surface area contributed by atoms with E-state index in [1.54, 1.807) is 16.0 Å². The monoisotopic (exact) mass is 547 g/mol. The van der Waals surface area contributed by atoms with Crippen LogP contribution in [-0.2, 0) is 16.8 Å². The molecular weight excluding hydrogens is 514 g/mol. The molecule has 1 aromatic carbocycles. The summed E-state index contributed by atoms with van der Waals surface area (Å²) in [7, 11) is 0. The van der Waals surface area contributed by atoms with Gasteiger partial charge in [-0.1, -0.05) is 20.8 Å². The Balaban J connectivity index is 1.16. The van der Waals surface area contributed by atoms with Gasteiger partial charge in [0.25, 0.3) is 5.56 Å². The van der Waals surface area contributed by atoms with Gasteiger partial charge in [0.05, 0.1) is 29.7 Å². The Morgan fingerprint density at radius 2 is 1.90 bits per heavy atom. The van der Waals surface area contributed by atoms with Gasteiger partial charge in [0, 0.05) is 35.5 Å². The molecule has 1 saturated carbocycles. The topological polar surface area (TPSA) is 118 Å². The summed E-state index contributed by atoms with van der Waals surface area (Å²) in [4.78, 5) is 36.7. The molecule has 1 aliphatic heterocycles. The number of carbonyl (C=O) groups excluding carboxylic acids is 1. The third kappa shape index (κ3) is 5.20. The average Bonchev–Trinajstić information content (AvgIpc) is 3.48. The van der Waals surface area contributed by atoms with Crippen LogP contribution >= 0.6 is 11.3 Å². The number of thiazole rings is 1. The van der Waals surface area contributed by atoms with Crippen molar-refractivity contribution in [3.8, 4) is 5.69 Å². The normalized spacial score (nSPS) is 17.5. The molecule has 10 nitrogen and oxygen atoms in total. The fourth-order valence-electron chi connectivity index (χ4n) is 4.94. The van der Waals surface area contributed by atoms with Gasteiger partial charge in [0.1, 0.15) is 11.7 Å². The zero-order valence-electron chi connectivity index (χ0n) is 22.4. The Morgan fingerprint density at radius 3 is 2.54 bits per heavy atom. The van der Waals surface area contributed by atoms with Gasteiger partial charge in [0.2, 0.25) is 5.91 Å². The van der Waals surface area contributed by atoms with Crippen molar-refractivity contribution in [2.24, 2.45) is 5.92 Å². The summed E-state index contributed by atoms with van der Waals surface area (Å²) in [5.41, 5.74) is 1.89. The first-order valence-corrected chi connectivity index (χ1v) is 14.3. The third-order valence-electron chi connectivity index (χ3n) is 7.59. The smallest absolute Gasteiger partial charge is 0.264 e. The van der Waals surface area contributed by atoms with Crippen molar-refractivity contribution in [3.63, 3.8) is 0 Å². The van der Waals surface area contributed by atoms with E-state index in [4.69, 9.17) is 0 Å². The standard InChI is InChI=1S/C28H33N7O3S/c1-27(2,3)22-15-39-26(32-22)31-19-6-8-20(9-7-19)35-23-21(14-30-35)25(37)34(17-29-23)16-28(38)10-12-33(13-11-28)24(36)18-4-5-18/h6-9,14-15,17-18,38H,4-5,10-13,16H2,1-3H3,(H,31,32). The molecule has 1 aliphatic carbocycles. The Bertz CT molecular complexity index is 1570. The highest BCUT2D eigenvalue weighted by Crippen LogP contribution is 2.33. The number of anilines is 2. The van der Waals surface area contributed by atoms with Gasteiger partial charge >= 0.3 is 0 Å². The van der Waals surface area contributed by atoms with E-state index in [9.17, 15) is 14.7 Å². The Hall–Kier alpha value is -3.57. The molecular formula is C28H33N7O3S. The van der Waals surface area contributed by atoms with Crippen molar-refractivity contribution < 1.29 is 9.90 Å². The van der Waals surface area contributed by atoms with E-state index < -0.39 is 5.60 Å². The predicted octanol–water partition coefficient (Wildman–Crippen LogP) is 3.84. The number of piperidine rings is 1. The van der Waals surface area contributed by atoms with Crippen LogP contribution in [0, 0.1) is 5.92 Å². The molecule has 0 spiro atoms. The van der Waals surface area contributed by atoms with Crippen LogP contribution in [0.4, 0.5) is 10.8 Å². The highest BCUT2D eigenvalue weighted by atomic mass is 32.1. The van der Waals surface area contributed by atoms with E-state index in [0.29, 0.717) is 37.0 Å². The van der Waals surface area contributed by atoms with Crippen LogP contribution in [0.2, 0.25) is 0 Å². The number of aromatic nitrogens is 5. The summed E-state index contributed by atoms with van der Waals surface area (Å²) in [6, 6.07) is 7.72. The molecule has 204 valence electrons. The second-order valence-electron chi connectivity index (χ2n) is 11.8. The number of benzene rings is 1. The molecule has 39 heavy (non-hydrogen) atoms. The lowest BCUT2D eigenvalue weighted by molar-refractivity contribution is -0.137. The third-order valence-corrected chi connectivity index (χ3v) is 8.35. The number of likely N-dealkylation sites (tertiary alicyclic amines) is 1. The maximum Gasteiger partial charge on any atom is 0.264 e. The fourth-order valence-corrected chi connectivity index (χ4v) is 5.90. The predicted molar refractivity (Wildman–Crippen MR) is 151 cm³/mol. The van der Waals surface area contributed by atoms with E-state index in [2.05, 4.69) is 46.5 Å². The van der Waals surface area contributed by atoms with Crippen molar-refractivity contribution in [1.82, 2.24) is 29.2 Å². The Morgan fingerprint density at radius 1 is 1.18 bits per heavy atom. The van der Waals surface area contributed by atoms with Crippen LogP contribution in [0.3, 0.4) is 0 Å². The minimum atomic E-state index is -1.05. The summed E-state index contributed by atoms with van der Waals surface area (Å²) < 4.78 is 3.10. The summed E-state index contributed by atoms with van der Waals surface area (Å²) in [5.74, 6) is 0.375. The number of nitrogens with one attached hydrogen (secondary N) is 1. The zero-order valence-corrected chi connectivity index (χ0v) is 23.2. The molecule has 0 radical (unpaired) electrons. The largest absolute Gasteiger partial charge is 0.388 e. The van der Waals surface area contributed by atoms with Crippen molar-refractivity contribution in [2.75, 3.05) is 18.4 Å². The van der Waals surface area contributed by atoms with Crippen LogP contribution in [-0.4, -0.2) is 58.9 Å². The number of hydrogen-bond acceptors (Lipinski definition) is 8. The molecule has 3 aromatic heterocycles. The van der Waals surface area contributed by atoms with Gasteiger partial charge in [-0.05, 0) is 49.9 Å². The highest BCUT2D eigenvalue weighted by molar-refractivity contribution is 7.13. The van der Waals surface area contributed by atoms with Gasteiger partial charge in [0.15, 0.2) is 10.8 Å². The lowest BCUT2D eigenvalue weighted by Crippen LogP contribution is -2.50. The fraction of sp³-hybridized carbons (Fsp3) is 0.464. The number of hydrogen-bond donors (Lipinski definition) is 2.